The first-order chi connectivity index (χ1) is 44.1. The molecular formula is C81H142NO8+. The van der Waals surface area contributed by atoms with Gasteiger partial charge in [-0.05, 0) is 83.5 Å². The van der Waals surface area contributed by atoms with Crippen molar-refractivity contribution in [1.82, 2.24) is 0 Å². The van der Waals surface area contributed by atoms with Crippen molar-refractivity contribution in [3.8, 4) is 0 Å². The van der Waals surface area contributed by atoms with E-state index >= 15 is 0 Å². The third kappa shape index (κ3) is 71.4. The maximum absolute atomic E-state index is 13.0. The Morgan fingerprint density at radius 1 is 0.344 bits per heavy atom. The molecule has 0 aromatic carbocycles. The van der Waals surface area contributed by atoms with Gasteiger partial charge in [-0.2, -0.15) is 0 Å². The summed E-state index contributed by atoms with van der Waals surface area (Å²) in [5.74, 6) is -2.00. The number of esters is 2. The van der Waals surface area contributed by atoms with Crippen LogP contribution >= 0.6 is 0 Å². The quantitative estimate of drug-likeness (QED) is 0.0211. The highest BCUT2D eigenvalue weighted by atomic mass is 16.7. The van der Waals surface area contributed by atoms with E-state index in [4.69, 9.17) is 18.9 Å². The van der Waals surface area contributed by atoms with Gasteiger partial charge in [0.15, 0.2) is 6.10 Å². The molecular weight excluding hydrogens is 1110 g/mol. The highest BCUT2D eigenvalue weighted by Crippen LogP contribution is 2.18. The Morgan fingerprint density at radius 2 is 0.633 bits per heavy atom. The van der Waals surface area contributed by atoms with Gasteiger partial charge in [-0.15, -0.1) is 0 Å². The third-order valence-electron chi connectivity index (χ3n) is 16.3. The van der Waals surface area contributed by atoms with Crippen molar-refractivity contribution in [3.63, 3.8) is 0 Å². The van der Waals surface area contributed by atoms with Crippen LogP contribution in [0, 0.1) is 0 Å². The molecule has 0 rings (SSSR count). The minimum absolute atomic E-state index is 0.184. The maximum Gasteiger partial charge on any atom is 0.361 e. The first-order valence-electron chi connectivity index (χ1n) is 37.6. The Morgan fingerprint density at radius 3 is 0.944 bits per heavy atom. The van der Waals surface area contributed by atoms with E-state index in [1.165, 1.54) is 193 Å². The molecule has 0 saturated carbocycles. The number of carboxylic acid groups (broad SMARTS) is 1. The van der Waals surface area contributed by atoms with Crippen molar-refractivity contribution in [3.05, 3.63) is 109 Å². The standard InChI is InChI=1S/C81H141NO8/c1-6-8-10-12-14-16-18-20-22-24-26-28-30-32-34-36-37-38-39-40-41-42-43-44-46-48-50-52-54-56-58-60-62-64-66-68-70-72-79(84)90-77(76-89-81(80(85)86)87-74-73-82(3,4)5)75-88-78(83)71-69-67-65-63-61-59-57-55-53-51-49-47-45-35-33-31-29-27-25-23-21-19-17-15-13-11-9-7-2/h8,10,14,16,20,22,26,28,32,34,37-38,40-41,43-44,48,50,77,81H,6-7,9,11-13,15,17-19,21,23-25,27,29-31,33,35-36,39,42,45-47,49,51-76H2,1-5H3/p+1/b10-8-,16-14-,22-20-,28-26-,34-32-,38-37-,41-40-,44-43-,50-48-. The largest absolute Gasteiger partial charge is 0.477 e. The van der Waals surface area contributed by atoms with E-state index in [0.717, 1.165) is 103 Å². The van der Waals surface area contributed by atoms with Crippen LogP contribution in [0.15, 0.2) is 109 Å². The first-order valence-corrected chi connectivity index (χ1v) is 37.6. The molecule has 2 atom stereocenters. The van der Waals surface area contributed by atoms with Crippen LogP contribution in [0.2, 0.25) is 0 Å². The molecule has 0 amide bonds. The van der Waals surface area contributed by atoms with Crippen LogP contribution in [0.1, 0.15) is 328 Å². The number of carboxylic acids is 1. The zero-order valence-electron chi connectivity index (χ0n) is 59.3. The molecule has 0 bridgehead atoms. The molecule has 9 nitrogen and oxygen atoms in total. The average molecular weight is 1260 g/mol. The summed E-state index contributed by atoms with van der Waals surface area (Å²) in [5, 5.41) is 9.76. The molecule has 0 aliphatic carbocycles. The minimum atomic E-state index is -1.52. The normalized spacial score (nSPS) is 13.3. The van der Waals surface area contributed by atoms with Gasteiger partial charge >= 0.3 is 17.9 Å². The van der Waals surface area contributed by atoms with Crippen molar-refractivity contribution in [2.75, 3.05) is 47.5 Å². The molecule has 0 fully saturated rings. The molecule has 0 radical (unpaired) electrons. The van der Waals surface area contributed by atoms with E-state index in [9.17, 15) is 19.5 Å². The van der Waals surface area contributed by atoms with Crippen molar-refractivity contribution in [2.45, 2.75) is 341 Å². The average Bonchev–Trinajstić information content (AvgIpc) is 3.74. The van der Waals surface area contributed by atoms with E-state index in [-0.39, 0.29) is 32.2 Å². The molecule has 0 aromatic heterocycles. The third-order valence-corrected chi connectivity index (χ3v) is 16.3. The van der Waals surface area contributed by atoms with Gasteiger partial charge in [-0.1, -0.05) is 342 Å². The van der Waals surface area contributed by atoms with E-state index in [1.807, 2.05) is 21.1 Å². The molecule has 0 aliphatic rings. The number of rotatable bonds is 69. The van der Waals surface area contributed by atoms with Crippen LogP contribution in [0.4, 0.5) is 0 Å². The lowest BCUT2D eigenvalue weighted by Gasteiger charge is -2.25. The number of ether oxygens (including phenoxy) is 4. The van der Waals surface area contributed by atoms with Crippen molar-refractivity contribution < 1.29 is 42.9 Å². The van der Waals surface area contributed by atoms with Gasteiger partial charge in [0.1, 0.15) is 13.2 Å². The fourth-order valence-corrected chi connectivity index (χ4v) is 10.6. The highest BCUT2D eigenvalue weighted by molar-refractivity contribution is 5.71. The number of likely N-dealkylation sites (N-methyl/N-ethyl adjacent to an activating group) is 1. The molecule has 0 heterocycles. The van der Waals surface area contributed by atoms with E-state index in [2.05, 4.69) is 123 Å². The van der Waals surface area contributed by atoms with Gasteiger partial charge in [0.25, 0.3) is 6.29 Å². The lowest BCUT2D eigenvalue weighted by Crippen LogP contribution is -2.40. The SMILES string of the molecule is CC/C=C\C/C=C\C/C=C\C/C=C\C/C=C\C/C=C\C/C=C\C/C=C\C/C=C\CCCCCCCCCCCC(=O)OC(COC(=O)CCCCCCCCCCCCCCCCCCCCCCCCCCCCCC)COC(OCC[N+](C)(C)C)C(=O)O. The predicted molar refractivity (Wildman–Crippen MR) is 387 cm³/mol. The number of quaternary nitrogens is 1. The number of nitrogens with zero attached hydrogens (tertiary/aromatic N) is 1. The Balaban J connectivity index is 4.12. The van der Waals surface area contributed by atoms with E-state index < -0.39 is 24.3 Å². The lowest BCUT2D eigenvalue weighted by molar-refractivity contribution is -0.870. The fraction of sp³-hybridized carbons (Fsp3) is 0.741. The van der Waals surface area contributed by atoms with Crippen LogP contribution in [-0.4, -0.2) is 87.4 Å². The molecule has 9 heteroatoms. The molecule has 2 unspecified atom stereocenters. The summed E-state index contributed by atoms with van der Waals surface area (Å²) in [5.41, 5.74) is 0. The number of carbonyl (C=O) groups excluding carboxylic acids is 2. The summed E-state index contributed by atoms with van der Waals surface area (Å²) in [7, 11) is 5.98. The second-order valence-electron chi connectivity index (χ2n) is 26.2. The maximum atomic E-state index is 13.0. The van der Waals surface area contributed by atoms with E-state index in [0.29, 0.717) is 23.9 Å². The molecule has 518 valence electrons. The fourth-order valence-electron chi connectivity index (χ4n) is 10.6. The monoisotopic (exact) mass is 1260 g/mol. The summed E-state index contributed by atoms with van der Waals surface area (Å²) >= 11 is 0. The number of carbonyl (C=O) groups is 3. The zero-order valence-corrected chi connectivity index (χ0v) is 59.3. The molecule has 0 aromatic rings. The van der Waals surface area contributed by atoms with Gasteiger partial charge in [-0.3, -0.25) is 9.59 Å². The van der Waals surface area contributed by atoms with Crippen molar-refractivity contribution in [1.29, 1.82) is 0 Å². The topological polar surface area (TPSA) is 108 Å². The Kier molecular flexibility index (Phi) is 67.6. The van der Waals surface area contributed by atoms with E-state index in [1.54, 1.807) is 0 Å². The number of unbranched alkanes of at least 4 members (excludes halogenated alkanes) is 36. The smallest absolute Gasteiger partial charge is 0.361 e. The lowest BCUT2D eigenvalue weighted by atomic mass is 10.0. The Labute approximate surface area is 555 Å². The second-order valence-corrected chi connectivity index (χ2v) is 26.2. The number of hydrogen-bond donors (Lipinski definition) is 1. The van der Waals surface area contributed by atoms with Crippen LogP contribution in [-0.2, 0) is 33.3 Å². The Hall–Kier alpha value is -4.05. The van der Waals surface area contributed by atoms with Crippen LogP contribution < -0.4 is 0 Å². The number of hydrogen-bond acceptors (Lipinski definition) is 7. The first kappa shape index (κ1) is 85.9. The highest BCUT2D eigenvalue weighted by Gasteiger charge is 2.25. The van der Waals surface area contributed by atoms with Crippen molar-refractivity contribution >= 4 is 17.9 Å². The minimum Gasteiger partial charge on any atom is -0.477 e. The summed E-state index contributed by atoms with van der Waals surface area (Å²) in [6.45, 7) is 4.80. The summed E-state index contributed by atoms with van der Waals surface area (Å²) in [6.07, 6.45) is 96.4. The summed E-state index contributed by atoms with van der Waals surface area (Å²) in [6, 6.07) is 0. The summed E-state index contributed by atoms with van der Waals surface area (Å²) < 4.78 is 23.0. The Bertz CT molecular complexity index is 1850. The van der Waals surface area contributed by atoms with Gasteiger partial charge in [0.05, 0.1) is 34.4 Å². The molecule has 90 heavy (non-hydrogen) atoms. The zero-order chi connectivity index (χ0) is 65.4. The molecule has 0 saturated heterocycles. The van der Waals surface area contributed by atoms with Crippen molar-refractivity contribution in [2.24, 2.45) is 0 Å². The second kappa shape index (κ2) is 70.8. The molecule has 1 N–H and O–H groups in total. The van der Waals surface area contributed by atoms with Gasteiger partial charge in [0.2, 0.25) is 0 Å². The van der Waals surface area contributed by atoms with Crippen LogP contribution in [0.5, 0.6) is 0 Å². The van der Waals surface area contributed by atoms with Gasteiger partial charge in [0, 0.05) is 12.8 Å². The summed E-state index contributed by atoms with van der Waals surface area (Å²) in [4.78, 5) is 37.7. The number of aliphatic carboxylic acids is 1. The molecule has 0 spiro atoms. The van der Waals surface area contributed by atoms with Crippen LogP contribution in [0.3, 0.4) is 0 Å². The van der Waals surface area contributed by atoms with Gasteiger partial charge < -0.3 is 28.5 Å². The van der Waals surface area contributed by atoms with Crippen LogP contribution in [0.25, 0.3) is 0 Å². The predicted octanol–water partition coefficient (Wildman–Crippen LogP) is 23.8. The molecule has 0 aliphatic heterocycles. The van der Waals surface area contributed by atoms with Gasteiger partial charge in [-0.25, -0.2) is 4.79 Å². The number of allylic oxidation sites excluding steroid dienone is 18.